The Morgan fingerprint density at radius 2 is 2.36 bits per heavy atom. The standard InChI is InChI=1S/C14H18N4O2S.ClH/c1-18-4-3-15-7-10(18)13-16-14(20-17-13)12-6-9-8-19-5-2-11(9)21-12;/h6,10,15H,2-5,7-8H2,1H3;1H. The Balaban J connectivity index is 0.00000144. The normalized spacial score (nSPS) is 22.1. The largest absolute Gasteiger partial charge is 0.376 e. The van der Waals surface area contributed by atoms with Gasteiger partial charge in [-0.1, -0.05) is 5.16 Å². The second-order valence-corrected chi connectivity index (χ2v) is 6.66. The average molecular weight is 343 g/mol. The Kier molecular flexibility index (Phi) is 4.79. The van der Waals surface area contributed by atoms with Crippen LogP contribution < -0.4 is 5.32 Å². The number of nitrogens with one attached hydrogen (secondary N) is 1. The second-order valence-electron chi connectivity index (χ2n) is 5.52. The summed E-state index contributed by atoms with van der Waals surface area (Å²) in [6.07, 6.45) is 0.982. The summed E-state index contributed by atoms with van der Waals surface area (Å²) in [7, 11) is 2.10. The Bertz CT molecular complexity index is 621. The van der Waals surface area contributed by atoms with Gasteiger partial charge in [-0.2, -0.15) is 4.98 Å². The number of likely N-dealkylation sites (N-methyl/N-ethyl adjacent to an activating group) is 1. The monoisotopic (exact) mass is 342 g/mol. The van der Waals surface area contributed by atoms with Gasteiger partial charge in [0.2, 0.25) is 0 Å². The highest BCUT2D eigenvalue weighted by Crippen LogP contribution is 2.34. The first-order chi connectivity index (χ1) is 10.3. The van der Waals surface area contributed by atoms with Crippen molar-refractivity contribution in [3.05, 3.63) is 22.3 Å². The van der Waals surface area contributed by atoms with E-state index in [1.165, 1.54) is 10.4 Å². The second kappa shape index (κ2) is 6.64. The van der Waals surface area contributed by atoms with E-state index in [2.05, 4.69) is 33.5 Å². The first-order valence-electron chi connectivity index (χ1n) is 7.25. The smallest absolute Gasteiger partial charge is 0.268 e. The lowest BCUT2D eigenvalue weighted by molar-refractivity contribution is 0.112. The molecule has 0 saturated carbocycles. The molecule has 22 heavy (non-hydrogen) atoms. The fraction of sp³-hybridized carbons (Fsp3) is 0.571. The van der Waals surface area contributed by atoms with Crippen LogP contribution >= 0.6 is 23.7 Å². The molecule has 4 heterocycles. The molecule has 0 aromatic carbocycles. The lowest BCUT2D eigenvalue weighted by atomic mass is 10.2. The number of hydrogen-bond acceptors (Lipinski definition) is 7. The van der Waals surface area contributed by atoms with Crippen molar-refractivity contribution >= 4 is 23.7 Å². The molecular weight excluding hydrogens is 324 g/mol. The van der Waals surface area contributed by atoms with Crippen molar-refractivity contribution in [2.45, 2.75) is 19.1 Å². The molecule has 6 nitrogen and oxygen atoms in total. The van der Waals surface area contributed by atoms with Gasteiger partial charge in [-0.05, 0) is 18.7 Å². The Hall–Kier alpha value is -0.990. The molecule has 1 unspecified atom stereocenters. The van der Waals surface area contributed by atoms with Crippen molar-refractivity contribution in [1.82, 2.24) is 20.4 Å². The van der Waals surface area contributed by atoms with Gasteiger partial charge in [0, 0.05) is 30.9 Å². The minimum absolute atomic E-state index is 0. The highest BCUT2D eigenvalue weighted by molar-refractivity contribution is 7.15. The Labute approximate surface area is 139 Å². The SMILES string of the molecule is CN1CCNCC1c1noc(-c2cc3c(s2)CCOC3)n1.Cl. The molecule has 1 atom stereocenters. The zero-order valence-electron chi connectivity index (χ0n) is 12.4. The van der Waals surface area contributed by atoms with E-state index in [1.54, 1.807) is 11.3 Å². The lowest BCUT2D eigenvalue weighted by Gasteiger charge is -2.30. The van der Waals surface area contributed by atoms with Gasteiger partial charge in [-0.3, -0.25) is 4.90 Å². The molecule has 1 N–H and O–H groups in total. The van der Waals surface area contributed by atoms with Gasteiger partial charge in [-0.25, -0.2) is 0 Å². The number of fused-ring (bicyclic) bond motifs is 1. The van der Waals surface area contributed by atoms with Crippen LogP contribution in [0, 0.1) is 0 Å². The molecule has 8 heteroatoms. The predicted molar refractivity (Wildman–Crippen MR) is 86.5 cm³/mol. The highest BCUT2D eigenvalue weighted by atomic mass is 35.5. The molecule has 0 bridgehead atoms. The van der Waals surface area contributed by atoms with Crippen LogP contribution in [-0.4, -0.2) is 48.3 Å². The Morgan fingerprint density at radius 3 is 3.18 bits per heavy atom. The van der Waals surface area contributed by atoms with E-state index in [0.29, 0.717) is 12.5 Å². The number of aromatic nitrogens is 2. The molecule has 1 saturated heterocycles. The molecule has 4 rings (SSSR count). The fourth-order valence-corrected chi connectivity index (χ4v) is 3.89. The van der Waals surface area contributed by atoms with Crippen LogP contribution in [0.5, 0.6) is 0 Å². The van der Waals surface area contributed by atoms with E-state index in [9.17, 15) is 0 Å². The molecular formula is C14H19ClN4O2S. The Morgan fingerprint density at radius 1 is 1.45 bits per heavy atom. The number of thiophene rings is 1. The summed E-state index contributed by atoms with van der Waals surface area (Å²) >= 11 is 1.74. The van der Waals surface area contributed by atoms with Crippen LogP contribution in [0.2, 0.25) is 0 Å². The molecule has 0 radical (unpaired) electrons. The minimum atomic E-state index is 0. The summed E-state index contributed by atoms with van der Waals surface area (Å²) in [4.78, 5) is 9.30. The van der Waals surface area contributed by atoms with Crippen LogP contribution in [-0.2, 0) is 17.8 Å². The zero-order valence-corrected chi connectivity index (χ0v) is 14.0. The van der Waals surface area contributed by atoms with Gasteiger partial charge < -0.3 is 14.6 Å². The van der Waals surface area contributed by atoms with Gasteiger partial charge in [0.15, 0.2) is 5.82 Å². The summed E-state index contributed by atoms with van der Waals surface area (Å²) in [5.74, 6) is 1.39. The van der Waals surface area contributed by atoms with Gasteiger partial charge in [-0.15, -0.1) is 23.7 Å². The van der Waals surface area contributed by atoms with E-state index in [-0.39, 0.29) is 18.4 Å². The number of halogens is 1. The van der Waals surface area contributed by atoms with E-state index in [4.69, 9.17) is 9.26 Å². The molecule has 2 aromatic heterocycles. The molecule has 2 aliphatic heterocycles. The third-order valence-corrected chi connectivity index (χ3v) is 5.31. The quantitative estimate of drug-likeness (QED) is 0.899. The molecule has 0 aliphatic carbocycles. The van der Waals surface area contributed by atoms with Gasteiger partial charge >= 0.3 is 0 Å². The van der Waals surface area contributed by atoms with Crippen molar-refractivity contribution in [3.63, 3.8) is 0 Å². The van der Waals surface area contributed by atoms with Crippen molar-refractivity contribution in [2.24, 2.45) is 0 Å². The summed E-state index contributed by atoms with van der Waals surface area (Å²) in [5.41, 5.74) is 1.26. The number of rotatable bonds is 2. The van der Waals surface area contributed by atoms with E-state index in [0.717, 1.165) is 43.4 Å². The number of piperazine rings is 1. The van der Waals surface area contributed by atoms with Gasteiger partial charge in [0.25, 0.3) is 5.89 Å². The molecule has 1 fully saturated rings. The maximum atomic E-state index is 5.48. The van der Waals surface area contributed by atoms with Crippen molar-refractivity contribution in [2.75, 3.05) is 33.3 Å². The number of ether oxygens (including phenoxy) is 1. The van der Waals surface area contributed by atoms with Crippen LogP contribution in [0.4, 0.5) is 0 Å². The minimum Gasteiger partial charge on any atom is -0.376 e. The average Bonchev–Trinajstić information content (AvgIpc) is 3.14. The molecule has 2 aliphatic rings. The topological polar surface area (TPSA) is 63.4 Å². The van der Waals surface area contributed by atoms with E-state index < -0.39 is 0 Å². The van der Waals surface area contributed by atoms with Crippen LogP contribution in [0.25, 0.3) is 10.8 Å². The predicted octanol–water partition coefficient (Wildman–Crippen LogP) is 1.87. The third kappa shape index (κ3) is 2.91. The van der Waals surface area contributed by atoms with Crippen molar-refractivity contribution in [3.8, 4) is 10.8 Å². The van der Waals surface area contributed by atoms with Crippen molar-refractivity contribution < 1.29 is 9.26 Å². The van der Waals surface area contributed by atoms with Gasteiger partial charge in [0.05, 0.1) is 24.1 Å². The first kappa shape index (κ1) is 15.9. The summed E-state index contributed by atoms with van der Waals surface area (Å²) in [6, 6.07) is 2.31. The third-order valence-electron chi connectivity index (χ3n) is 4.09. The van der Waals surface area contributed by atoms with Crippen LogP contribution in [0.1, 0.15) is 22.3 Å². The van der Waals surface area contributed by atoms with E-state index >= 15 is 0 Å². The van der Waals surface area contributed by atoms with Crippen LogP contribution in [0.15, 0.2) is 10.6 Å². The van der Waals surface area contributed by atoms with E-state index in [1.807, 2.05) is 0 Å². The summed E-state index contributed by atoms with van der Waals surface area (Å²) in [6.45, 7) is 4.38. The summed E-state index contributed by atoms with van der Waals surface area (Å²) in [5, 5.41) is 7.56. The van der Waals surface area contributed by atoms with Gasteiger partial charge in [0.1, 0.15) is 0 Å². The number of nitrogens with zero attached hydrogens (tertiary/aromatic N) is 3. The maximum absolute atomic E-state index is 5.48. The molecule has 0 amide bonds. The zero-order chi connectivity index (χ0) is 14.2. The molecule has 120 valence electrons. The highest BCUT2D eigenvalue weighted by Gasteiger charge is 2.26. The maximum Gasteiger partial charge on any atom is 0.268 e. The number of hydrogen-bond donors (Lipinski definition) is 1. The molecule has 2 aromatic rings. The van der Waals surface area contributed by atoms with Crippen molar-refractivity contribution in [1.29, 1.82) is 0 Å². The van der Waals surface area contributed by atoms with Crippen LogP contribution in [0.3, 0.4) is 0 Å². The fourth-order valence-electron chi connectivity index (χ4n) is 2.82. The summed E-state index contributed by atoms with van der Waals surface area (Å²) < 4.78 is 11.0. The first-order valence-corrected chi connectivity index (χ1v) is 8.07. The lowest BCUT2D eigenvalue weighted by Crippen LogP contribution is -2.44. The molecule has 0 spiro atoms.